The molecule has 0 saturated carbocycles. The van der Waals surface area contributed by atoms with Crippen molar-refractivity contribution in [3.05, 3.63) is 35.9 Å². The fraction of sp³-hybridized carbons (Fsp3) is 0.357. The first kappa shape index (κ1) is 17.8. The number of hydrogen-bond donors (Lipinski definition) is 1. The smallest absolute Gasteiger partial charge is 0.322 e. The van der Waals surface area contributed by atoms with E-state index in [2.05, 4.69) is 9.47 Å². The summed E-state index contributed by atoms with van der Waals surface area (Å²) in [5, 5.41) is 0. The van der Waals surface area contributed by atoms with Gasteiger partial charge in [0.2, 0.25) is 0 Å². The molecule has 0 aliphatic rings. The van der Waals surface area contributed by atoms with Crippen molar-refractivity contribution < 1.29 is 23.9 Å². The molecule has 0 aliphatic carbocycles. The second-order valence-electron chi connectivity index (χ2n) is 3.77. The minimum atomic E-state index is -0.742. The van der Waals surface area contributed by atoms with E-state index in [9.17, 15) is 14.4 Å². The Kier molecular flexibility index (Phi) is 9.51. The van der Waals surface area contributed by atoms with E-state index in [1.54, 1.807) is 12.1 Å². The molecule has 0 saturated heterocycles. The van der Waals surface area contributed by atoms with Gasteiger partial charge in [-0.15, -0.1) is 0 Å². The van der Waals surface area contributed by atoms with Crippen LogP contribution in [0, 0.1) is 0 Å². The highest BCUT2D eigenvalue weighted by Crippen LogP contribution is 1.97. The zero-order valence-corrected chi connectivity index (χ0v) is 11.6. The van der Waals surface area contributed by atoms with Crippen LogP contribution in [0.15, 0.2) is 30.3 Å². The largest absolute Gasteiger partial charge is 0.469 e. The Morgan fingerprint density at radius 2 is 1.80 bits per heavy atom. The molecule has 0 bridgehead atoms. The molecule has 0 heterocycles. The van der Waals surface area contributed by atoms with Gasteiger partial charge in [-0.3, -0.25) is 14.4 Å². The van der Waals surface area contributed by atoms with Crippen LogP contribution in [-0.4, -0.2) is 38.5 Å². The van der Waals surface area contributed by atoms with Gasteiger partial charge < -0.3 is 15.2 Å². The Bertz CT molecular complexity index is 419. The number of carbonyl (C=O) groups is 3. The lowest BCUT2D eigenvalue weighted by atomic mass is 10.2. The number of hydrogen-bond acceptors (Lipinski definition) is 6. The summed E-state index contributed by atoms with van der Waals surface area (Å²) in [6, 6.07) is 8.36. The molecule has 6 heteroatoms. The summed E-state index contributed by atoms with van der Waals surface area (Å²) in [5.74, 6) is -0.895. The molecule has 1 atom stereocenters. The van der Waals surface area contributed by atoms with Crippen molar-refractivity contribution in [2.24, 2.45) is 5.73 Å². The highest BCUT2D eigenvalue weighted by atomic mass is 16.5. The predicted molar refractivity (Wildman–Crippen MR) is 73.1 cm³/mol. The van der Waals surface area contributed by atoms with Crippen molar-refractivity contribution in [3.8, 4) is 0 Å². The highest BCUT2D eigenvalue weighted by molar-refractivity contribution is 5.76. The fourth-order valence-corrected chi connectivity index (χ4v) is 1.18. The lowest BCUT2D eigenvalue weighted by Gasteiger charge is -2.07. The molecule has 1 aromatic rings. The van der Waals surface area contributed by atoms with Crippen LogP contribution < -0.4 is 5.73 Å². The predicted octanol–water partition coefficient (Wildman–Crippen LogP) is 0.939. The Hall–Kier alpha value is -2.21. The van der Waals surface area contributed by atoms with Gasteiger partial charge in [0.25, 0.3) is 0 Å². The molecule has 2 N–H and O–H groups in total. The van der Waals surface area contributed by atoms with Crippen molar-refractivity contribution in [2.45, 2.75) is 18.9 Å². The first-order chi connectivity index (χ1) is 9.54. The molecule has 1 rings (SSSR count). The first-order valence-corrected chi connectivity index (χ1v) is 5.95. The van der Waals surface area contributed by atoms with Crippen molar-refractivity contribution in [1.29, 1.82) is 0 Å². The third kappa shape index (κ3) is 7.99. The number of carbonyl (C=O) groups excluding carboxylic acids is 3. The van der Waals surface area contributed by atoms with Crippen LogP contribution in [0.2, 0.25) is 0 Å². The monoisotopic (exact) mass is 281 g/mol. The van der Waals surface area contributed by atoms with Crippen LogP contribution in [0.5, 0.6) is 0 Å². The Labute approximate surface area is 117 Å². The van der Waals surface area contributed by atoms with E-state index in [1.165, 1.54) is 14.2 Å². The summed E-state index contributed by atoms with van der Waals surface area (Å²) in [5.41, 5.74) is 6.08. The molecule has 0 aliphatic heterocycles. The number of nitrogens with two attached hydrogens (primary N) is 1. The molecule has 1 unspecified atom stereocenters. The normalized spacial score (nSPS) is 10.6. The molecular formula is C14H19NO5. The van der Waals surface area contributed by atoms with E-state index in [0.29, 0.717) is 0 Å². The Morgan fingerprint density at radius 3 is 2.20 bits per heavy atom. The molecule has 0 radical (unpaired) electrons. The maximum atomic E-state index is 10.7. The number of aldehydes is 1. The molecule has 0 amide bonds. The summed E-state index contributed by atoms with van der Waals surface area (Å²) >= 11 is 0. The maximum absolute atomic E-state index is 10.7. The van der Waals surface area contributed by atoms with Crippen molar-refractivity contribution in [3.63, 3.8) is 0 Å². The zero-order chi connectivity index (χ0) is 15.4. The summed E-state index contributed by atoms with van der Waals surface area (Å²) in [6.07, 6.45) is 1.21. The quantitative estimate of drug-likeness (QED) is 0.637. The standard InChI is InChI=1S/C7H13NO4.C7H6O/c1-11-6(9)4-3-5(8)7(10)12-2;8-6-7-4-2-1-3-5-7/h5H,3-4,8H2,1-2H3;1-6H. The minimum Gasteiger partial charge on any atom is -0.469 e. The lowest BCUT2D eigenvalue weighted by Crippen LogP contribution is -2.32. The molecule has 110 valence electrons. The van der Waals surface area contributed by atoms with Gasteiger partial charge in [0.15, 0.2) is 0 Å². The van der Waals surface area contributed by atoms with E-state index < -0.39 is 12.0 Å². The number of ether oxygens (including phenoxy) is 2. The van der Waals surface area contributed by atoms with Crippen LogP contribution in [0.1, 0.15) is 23.2 Å². The summed E-state index contributed by atoms with van der Waals surface area (Å²) < 4.78 is 8.73. The van der Waals surface area contributed by atoms with E-state index in [1.807, 2.05) is 18.2 Å². The molecule has 6 nitrogen and oxygen atoms in total. The van der Waals surface area contributed by atoms with Gasteiger partial charge in [0, 0.05) is 12.0 Å². The highest BCUT2D eigenvalue weighted by Gasteiger charge is 2.14. The first-order valence-electron chi connectivity index (χ1n) is 5.95. The van der Waals surface area contributed by atoms with Crippen LogP contribution in [0.3, 0.4) is 0 Å². The summed E-state index contributed by atoms with van der Waals surface area (Å²) in [6.45, 7) is 0. The van der Waals surface area contributed by atoms with Crippen LogP contribution in [-0.2, 0) is 19.1 Å². The van der Waals surface area contributed by atoms with Gasteiger partial charge in [0.1, 0.15) is 12.3 Å². The second kappa shape index (κ2) is 10.7. The third-order valence-electron chi connectivity index (χ3n) is 2.33. The zero-order valence-electron chi connectivity index (χ0n) is 11.6. The minimum absolute atomic E-state index is 0.132. The van der Waals surface area contributed by atoms with Gasteiger partial charge >= 0.3 is 11.9 Å². The molecule has 0 aromatic heterocycles. The second-order valence-corrected chi connectivity index (χ2v) is 3.77. The fourth-order valence-electron chi connectivity index (χ4n) is 1.18. The Morgan fingerprint density at radius 1 is 1.20 bits per heavy atom. The van der Waals surface area contributed by atoms with Gasteiger partial charge in [-0.1, -0.05) is 30.3 Å². The topological polar surface area (TPSA) is 95.7 Å². The lowest BCUT2D eigenvalue weighted by molar-refractivity contribution is -0.143. The van der Waals surface area contributed by atoms with Gasteiger partial charge in [-0.25, -0.2) is 0 Å². The van der Waals surface area contributed by atoms with Gasteiger partial charge in [-0.2, -0.15) is 0 Å². The van der Waals surface area contributed by atoms with Crippen LogP contribution in [0.4, 0.5) is 0 Å². The molecule has 1 aromatic carbocycles. The summed E-state index contributed by atoms with van der Waals surface area (Å²) in [7, 11) is 2.53. The number of esters is 2. The van der Waals surface area contributed by atoms with E-state index >= 15 is 0 Å². The number of benzene rings is 1. The van der Waals surface area contributed by atoms with Crippen molar-refractivity contribution in [2.75, 3.05) is 14.2 Å². The molecule has 20 heavy (non-hydrogen) atoms. The number of rotatable bonds is 5. The van der Waals surface area contributed by atoms with Crippen molar-refractivity contribution >= 4 is 18.2 Å². The van der Waals surface area contributed by atoms with Crippen LogP contribution in [0.25, 0.3) is 0 Å². The van der Waals surface area contributed by atoms with E-state index in [4.69, 9.17) is 5.73 Å². The maximum Gasteiger partial charge on any atom is 0.322 e. The average molecular weight is 281 g/mol. The van der Waals surface area contributed by atoms with Gasteiger partial charge in [-0.05, 0) is 6.42 Å². The van der Waals surface area contributed by atoms with Crippen molar-refractivity contribution in [1.82, 2.24) is 0 Å². The SMILES string of the molecule is COC(=O)CCC(N)C(=O)OC.O=Cc1ccccc1. The third-order valence-corrected chi connectivity index (χ3v) is 2.33. The average Bonchev–Trinajstić information content (AvgIpc) is 2.52. The molecular weight excluding hydrogens is 262 g/mol. The molecule has 0 fully saturated rings. The Balaban J connectivity index is 0.000000388. The van der Waals surface area contributed by atoms with E-state index in [-0.39, 0.29) is 18.8 Å². The summed E-state index contributed by atoms with van der Waals surface area (Å²) in [4.78, 5) is 31.3. The van der Waals surface area contributed by atoms with Gasteiger partial charge in [0.05, 0.1) is 14.2 Å². The van der Waals surface area contributed by atoms with E-state index in [0.717, 1.165) is 11.8 Å². The van der Waals surface area contributed by atoms with Crippen LogP contribution >= 0.6 is 0 Å². The number of methoxy groups -OCH3 is 2. The molecule has 0 spiro atoms.